The first-order valence-electron chi connectivity index (χ1n) is 11.0. The van der Waals surface area contributed by atoms with Crippen LogP contribution in [0.25, 0.3) is 0 Å². The van der Waals surface area contributed by atoms with Crippen molar-refractivity contribution in [2.45, 2.75) is 32.9 Å². The van der Waals surface area contributed by atoms with Crippen LogP contribution < -0.4 is 10.1 Å². The van der Waals surface area contributed by atoms with Crippen LogP contribution in [0.3, 0.4) is 0 Å². The number of nitrogens with one attached hydrogen (secondary N) is 1. The highest BCUT2D eigenvalue weighted by Gasteiger charge is 2.30. The largest absolute Gasteiger partial charge is 0.484 e. The first-order chi connectivity index (χ1) is 16.0. The zero-order valence-corrected chi connectivity index (χ0v) is 19.7. The molecular formula is C27H29ClN2O3. The molecule has 3 aromatic rings. The van der Waals surface area contributed by atoms with Crippen molar-refractivity contribution >= 4 is 23.4 Å². The number of carbonyl (C=O) groups excluding carboxylic acids is 2. The first kappa shape index (κ1) is 24.3. The number of likely N-dealkylation sites (N-methyl/N-ethyl adjacent to an activating group) is 1. The van der Waals surface area contributed by atoms with E-state index in [0.29, 0.717) is 30.3 Å². The summed E-state index contributed by atoms with van der Waals surface area (Å²) in [6.45, 7) is 4.45. The molecule has 0 spiro atoms. The van der Waals surface area contributed by atoms with Gasteiger partial charge in [-0.3, -0.25) is 9.59 Å². The van der Waals surface area contributed by atoms with Gasteiger partial charge in [-0.15, -0.1) is 0 Å². The lowest BCUT2D eigenvalue weighted by Crippen LogP contribution is -2.51. The van der Waals surface area contributed by atoms with Crippen LogP contribution in [0.5, 0.6) is 5.75 Å². The zero-order chi connectivity index (χ0) is 23.6. The van der Waals surface area contributed by atoms with Crippen LogP contribution in [0.15, 0.2) is 78.9 Å². The van der Waals surface area contributed by atoms with E-state index < -0.39 is 6.04 Å². The average molecular weight is 465 g/mol. The Morgan fingerprint density at radius 3 is 2.39 bits per heavy atom. The number of nitrogens with zero attached hydrogens (tertiary/aromatic N) is 1. The number of hydrogen-bond donors (Lipinski definition) is 1. The quantitative estimate of drug-likeness (QED) is 0.468. The van der Waals surface area contributed by atoms with Crippen molar-refractivity contribution in [1.29, 1.82) is 0 Å². The average Bonchev–Trinajstić information content (AvgIpc) is 2.80. The van der Waals surface area contributed by atoms with Crippen LogP contribution in [0.4, 0.5) is 0 Å². The van der Waals surface area contributed by atoms with Crippen LogP contribution in [0.2, 0.25) is 5.02 Å². The van der Waals surface area contributed by atoms with E-state index in [1.807, 2.05) is 68.4 Å². The van der Waals surface area contributed by atoms with E-state index >= 15 is 0 Å². The van der Waals surface area contributed by atoms with E-state index in [9.17, 15) is 9.59 Å². The lowest BCUT2D eigenvalue weighted by Gasteiger charge is -2.31. The molecule has 0 aliphatic rings. The third-order valence-electron chi connectivity index (χ3n) is 5.22. The van der Waals surface area contributed by atoms with Gasteiger partial charge in [0, 0.05) is 24.5 Å². The molecule has 0 aromatic heterocycles. The topological polar surface area (TPSA) is 58.6 Å². The molecule has 1 atom stereocenters. The monoisotopic (exact) mass is 464 g/mol. The van der Waals surface area contributed by atoms with E-state index in [1.165, 1.54) is 0 Å². The molecule has 3 aromatic carbocycles. The number of amides is 2. The summed E-state index contributed by atoms with van der Waals surface area (Å²) in [5.74, 6) is 0.0396. The molecular weight excluding hydrogens is 436 g/mol. The number of aryl methyl sites for hydroxylation is 1. The lowest BCUT2D eigenvalue weighted by molar-refractivity contribution is -0.142. The van der Waals surface area contributed by atoms with Crippen LogP contribution >= 0.6 is 11.6 Å². The molecule has 0 aliphatic carbocycles. The van der Waals surface area contributed by atoms with Crippen LogP contribution in [0, 0.1) is 6.92 Å². The van der Waals surface area contributed by atoms with E-state index in [1.54, 1.807) is 29.2 Å². The first-order valence-corrected chi connectivity index (χ1v) is 11.4. The number of halogens is 1. The minimum Gasteiger partial charge on any atom is -0.484 e. The zero-order valence-electron chi connectivity index (χ0n) is 19.0. The van der Waals surface area contributed by atoms with E-state index in [2.05, 4.69) is 5.32 Å². The molecule has 2 amide bonds. The Bertz CT molecular complexity index is 1070. The molecule has 0 saturated heterocycles. The number of hydrogen-bond acceptors (Lipinski definition) is 3. The minimum atomic E-state index is -0.677. The van der Waals surface area contributed by atoms with Crippen molar-refractivity contribution in [2.75, 3.05) is 13.2 Å². The second-order valence-electron chi connectivity index (χ2n) is 7.86. The number of rotatable bonds is 10. The van der Waals surface area contributed by atoms with E-state index in [0.717, 1.165) is 16.7 Å². The standard InChI is InChI=1S/C27H29ClN2O3/c1-3-29-27(32)25(16-21-10-5-4-6-11-21)30(18-22-12-7-9-20(2)15-22)26(31)19-33-24-14-8-13-23(28)17-24/h4-15,17,25H,3,16,18-19H2,1-2H3,(H,29,32). The summed E-state index contributed by atoms with van der Waals surface area (Å²) in [5, 5.41) is 3.42. The van der Waals surface area contributed by atoms with Crippen molar-refractivity contribution in [3.63, 3.8) is 0 Å². The summed E-state index contributed by atoms with van der Waals surface area (Å²) in [5.41, 5.74) is 3.02. The van der Waals surface area contributed by atoms with Gasteiger partial charge in [0.1, 0.15) is 11.8 Å². The van der Waals surface area contributed by atoms with Crippen molar-refractivity contribution in [3.8, 4) is 5.75 Å². The predicted molar refractivity (Wildman–Crippen MR) is 131 cm³/mol. The van der Waals surface area contributed by atoms with Crippen molar-refractivity contribution in [3.05, 3.63) is 101 Å². The smallest absolute Gasteiger partial charge is 0.261 e. The molecule has 0 fully saturated rings. The second kappa shape index (κ2) is 12.1. The summed E-state index contributed by atoms with van der Waals surface area (Å²) >= 11 is 6.03. The van der Waals surface area contributed by atoms with Crippen LogP contribution in [-0.4, -0.2) is 35.9 Å². The lowest BCUT2D eigenvalue weighted by atomic mass is 10.0. The molecule has 0 heterocycles. The van der Waals surface area contributed by atoms with Gasteiger partial charge in [0.2, 0.25) is 5.91 Å². The van der Waals surface area contributed by atoms with Crippen molar-refractivity contribution in [2.24, 2.45) is 0 Å². The summed E-state index contributed by atoms with van der Waals surface area (Å²) in [6.07, 6.45) is 0.404. The Kier molecular flexibility index (Phi) is 8.90. The fraction of sp³-hybridized carbons (Fsp3) is 0.259. The molecule has 0 saturated carbocycles. The molecule has 0 aliphatic heterocycles. The van der Waals surface area contributed by atoms with Gasteiger partial charge >= 0.3 is 0 Å². The molecule has 0 bridgehead atoms. The summed E-state index contributed by atoms with van der Waals surface area (Å²) in [4.78, 5) is 28.1. The molecule has 6 heteroatoms. The Balaban J connectivity index is 1.89. The third-order valence-corrected chi connectivity index (χ3v) is 5.45. The molecule has 1 unspecified atom stereocenters. The Hall–Kier alpha value is -3.31. The van der Waals surface area contributed by atoms with Gasteiger partial charge in [0.15, 0.2) is 6.61 Å². The maximum atomic E-state index is 13.4. The molecule has 33 heavy (non-hydrogen) atoms. The van der Waals surface area contributed by atoms with Crippen LogP contribution in [0.1, 0.15) is 23.6 Å². The van der Waals surface area contributed by atoms with Gasteiger partial charge in [-0.05, 0) is 43.2 Å². The fourth-order valence-electron chi connectivity index (χ4n) is 3.64. The Labute approximate surface area is 200 Å². The number of carbonyl (C=O) groups is 2. The maximum absolute atomic E-state index is 13.4. The predicted octanol–water partition coefficient (Wildman–Crippen LogP) is 4.80. The molecule has 3 rings (SSSR count). The summed E-state index contributed by atoms with van der Waals surface area (Å²) in [7, 11) is 0. The highest BCUT2D eigenvalue weighted by atomic mass is 35.5. The van der Waals surface area contributed by atoms with Crippen molar-refractivity contribution < 1.29 is 14.3 Å². The minimum absolute atomic E-state index is 0.190. The molecule has 5 nitrogen and oxygen atoms in total. The van der Waals surface area contributed by atoms with E-state index in [-0.39, 0.29) is 18.4 Å². The van der Waals surface area contributed by atoms with Gasteiger partial charge < -0.3 is 15.0 Å². The Morgan fingerprint density at radius 1 is 0.970 bits per heavy atom. The normalized spacial score (nSPS) is 11.5. The molecule has 0 radical (unpaired) electrons. The van der Waals surface area contributed by atoms with Gasteiger partial charge in [0.05, 0.1) is 0 Å². The van der Waals surface area contributed by atoms with Gasteiger partial charge in [0.25, 0.3) is 5.91 Å². The highest BCUT2D eigenvalue weighted by Crippen LogP contribution is 2.19. The van der Waals surface area contributed by atoms with Gasteiger partial charge in [-0.2, -0.15) is 0 Å². The second-order valence-corrected chi connectivity index (χ2v) is 8.29. The maximum Gasteiger partial charge on any atom is 0.261 e. The van der Waals surface area contributed by atoms with E-state index in [4.69, 9.17) is 16.3 Å². The van der Waals surface area contributed by atoms with Crippen LogP contribution in [-0.2, 0) is 22.6 Å². The summed E-state index contributed by atoms with van der Waals surface area (Å²) in [6, 6.07) is 23.9. The van der Waals surface area contributed by atoms with Gasteiger partial charge in [-0.25, -0.2) is 0 Å². The number of ether oxygens (including phenoxy) is 1. The molecule has 1 N–H and O–H groups in total. The highest BCUT2D eigenvalue weighted by molar-refractivity contribution is 6.30. The molecule has 172 valence electrons. The number of benzene rings is 3. The fourth-order valence-corrected chi connectivity index (χ4v) is 3.82. The third kappa shape index (κ3) is 7.36. The van der Waals surface area contributed by atoms with Gasteiger partial charge in [-0.1, -0.05) is 77.8 Å². The summed E-state index contributed by atoms with van der Waals surface area (Å²) < 4.78 is 5.72. The SMILES string of the molecule is CCNC(=O)C(Cc1ccccc1)N(Cc1cccc(C)c1)C(=O)COc1cccc(Cl)c1. The Morgan fingerprint density at radius 2 is 1.70 bits per heavy atom. The van der Waals surface area contributed by atoms with Crippen molar-refractivity contribution in [1.82, 2.24) is 10.2 Å².